The molecular formula is C13H21N3O3S. The first-order chi connectivity index (χ1) is 9.35. The Bertz CT molecular complexity index is 577. The van der Waals surface area contributed by atoms with Gasteiger partial charge in [-0.1, -0.05) is 13.8 Å². The van der Waals surface area contributed by atoms with Crippen LogP contribution in [0, 0.1) is 11.8 Å². The van der Waals surface area contributed by atoms with E-state index in [9.17, 15) is 13.2 Å². The third-order valence-electron chi connectivity index (χ3n) is 3.43. The molecule has 2 heterocycles. The van der Waals surface area contributed by atoms with Gasteiger partial charge in [0.1, 0.15) is 17.9 Å². The number of hydrogen-bond acceptors (Lipinski definition) is 5. The molecule has 20 heavy (non-hydrogen) atoms. The summed E-state index contributed by atoms with van der Waals surface area (Å²) in [6.07, 6.45) is 2.63. The number of hydrogen-bond donors (Lipinski definition) is 0. The highest BCUT2D eigenvalue weighted by molar-refractivity contribution is 7.91. The van der Waals surface area contributed by atoms with Crippen LogP contribution in [0.2, 0.25) is 0 Å². The molecule has 0 radical (unpaired) electrons. The van der Waals surface area contributed by atoms with E-state index in [1.54, 1.807) is 4.68 Å². The molecule has 0 aromatic carbocycles. The van der Waals surface area contributed by atoms with E-state index in [-0.39, 0.29) is 29.6 Å². The predicted octanol–water partition coefficient (Wildman–Crippen LogP) is 0.871. The summed E-state index contributed by atoms with van der Waals surface area (Å²) in [5.41, 5.74) is 0. The van der Waals surface area contributed by atoms with Crippen molar-refractivity contribution in [2.24, 2.45) is 11.8 Å². The van der Waals surface area contributed by atoms with Crippen molar-refractivity contribution < 1.29 is 13.2 Å². The smallest absolute Gasteiger partial charge is 0.150 e. The Kier molecular flexibility index (Phi) is 4.57. The Hall–Kier alpha value is -1.24. The number of rotatable bonds is 6. The van der Waals surface area contributed by atoms with Gasteiger partial charge in [-0.05, 0) is 18.3 Å². The summed E-state index contributed by atoms with van der Waals surface area (Å²) < 4.78 is 24.5. The summed E-state index contributed by atoms with van der Waals surface area (Å²) in [5, 5.41) is 4.12. The first-order valence-electron chi connectivity index (χ1n) is 6.94. The molecule has 0 bridgehead atoms. The molecule has 1 fully saturated rings. The lowest BCUT2D eigenvalue weighted by Crippen LogP contribution is -2.17. The van der Waals surface area contributed by atoms with Crippen LogP contribution in [0.1, 0.15) is 32.5 Å². The zero-order valence-corrected chi connectivity index (χ0v) is 12.8. The number of aromatic nitrogens is 3. The predicted molar refractivity (Wildman–Crippen MR) is 74.9 cm³/mol. The first kappa shape index (κ1) is 15.2. The standard InChI is InChI=1S/C13H21N3O3S/c1-10(2)7-16-13(14-9-15-16)6-12(17)5-11-3-4-20(18,19)8-11/h9-11H,3-8H2,1-2H3. The molecule has 2 rings (SSSR count). The van der Waals surface area contributed by atoms with Crippen LogP contribution in [0.3, 0.4) is 0 Å². The van der Waals surface area contributed by atoms with Crippen molar-refractivity contribution >= 4 is 15.6 Å². The second-order valence-electron chi connectivity index (χ2n) is 5.94. The summed E-state index contributed by atoms with van der Waals surface area (Å²) >= 11 is 0. The molecule has 1 aromatic rings. The first-order valence-corrected chi connectivity index (χ1v) is 8.76. The number of carbonyl (C=O) groups excluding carboxylic acids is 1. The zero-order valence-electron chi connectivity index (χ0n) is 11.9. The van der Waals surface area contributed by atoms with E-state index in [1.165, 1.54) is 6.33 Å². The van der Waals surface area contributed by atoms with E-state index in [4.69, 9.17) is 0 Å². The Morgan fingerprint density at radius 1 is 1.50 bits per heavy atom. The molecular weight excluding hydrogens is 278 g/mol. The maximum atomic E-state index is 12.0. The number of carbonyl (C=O) groups is 1. The van der Waals surface area contributed by atoms with Crippen LogP contribution in [-0.4, -0.2) is 40.5 Å². The van der Waals surface area contributed by atoms with Gasteiger partial charge in [0.15, 0.2) is 9.84 Å². The van der Waals surface area contributed by atoms with Crippen molar-refractivity contribution in [3.05, 3.63) is 12.2 Å². The molecule has 1 saturated heterocycles. The number of Topliss-reactive ketones (excluding diaryl/α,β-unsaturated/α-hetero) is 1. The minimum absolute atomic E-state index is 0.0195. The third-order valence-corrected chi connectivity index (χ3v) is 5.27. The molecule has 7 heteroatoms. The van der Waals surface area contributed by atoms with Gasteiger partial charge in [0.05, 0.1) is 17.9 Å². The zero-order chi connectivity index (χ0) is 14.8. The highest BCUT2D eigenvalue weighted by atomic mass is 32.2. The molecule has 1 unspecified atom stereocenters. The molecule has 1 aliphatic rings. The lowest BCUT2D eigenvalue weighted by Gasteiger charge is -2.09. The van der Waals surface area contributed by atoms with Gasteiger partial charge < -0.3 is 0 Å². The highest BCUT2D eigenvalue weighted by Gasteiger charge is 2.29. The molecule has 112 valence electrons. The van der Waals surface area contributed by atoms with Crippen molar-refractivity contribution in [2.75, 3.05) is 11.5 Å². The molecule has 1 aromatic heterocycles. The Morgan fingerprint density at radius 3 is 2.85 bits per heavy atom. The van der Waals surface area contributed by atoms with E-state index in [2.05, 4.69) is 23.9 Å². The van der Waals surface area contributed by atoms with Crippen LogP contribution in [0.15, 0.2) is 6.33 Å². The Labute approximate surface area is 119 Å². The van der Waals surface area contributed by atoms with Gasteiger partial charge in [0, 0.05) is 13.0 Å². The summed E-state index contributed by atoms with van der Waals surface area (Å²) in [7, 11) is -2.91. The third kappa shape index (κ3) is 4.13. The van der Waals surface area contributed by atoms with Crippen LogP contribution in [0.25, 0.3) is 0 Å². The molecule has 6 nitrogen and oxygen atoms in total. The van der Waals surface area contributed by atoms with Crippen molar-refractivity contribution in [1.82, 2.24) is 14.8 Å². The average Bonchev–Trinajstić information content (AvgIpc) is 2.85. The van der Waals surface area contributed by atoms with E-state index >= 15 is 0 Å². The topological polar surface area (TPSA) is 81.9 Å². The van der Waals surface area contributed by atoms with Gasteiger partial charge in [-0.15, -0.1) is 0 Å². The Morgan fingerprint density at radius 2 is 2.25 bits per heavy atom. The van der Waals surface area contributed by atoms with Gasteiger partial charge in [0.25, 0.3) is 0 Å². The largest absolute Gasteiger partial charge is 0.299 e. The summed E-state index contributed by atoms with van der Waals surface area (Å²) in [6.45, 7) is 4.90. The normalized spacial score (nSPS) is 21.4. The maximum Gasteiger partial charge on any atom is 0.150 e. The fraction of sp³-hybridized carbons (Fsp3) is 0.769. The molecule has 0 N–H and O–H groups in total. The monoisotopic (exact) mass is 299 g/mol. The van der Waals surface area contributed by atoms with Crippen LogP contribution in [-0.2, 0) is 27.6 Å². The molecule has 0 spiro atoms. The Balaban J connectivity index is 1.90. The number of nitrogens with zero attached hydrogens (tertiary/aromatic N) is 3. The second-order valence-corrected chi connectivity index (χ2v) is 8.17. The fourth-order valence-electron chi connectivity index (χ4n) is 2.53. The van der Waals surface area contributed by atoms with Gasteiger partial charge in [-0.25, -0.2) is 18.1 Å². The van der Waals surface area contributed by atoms with Crippen molar-refractivity contribution in [3.63, 3.8) is 0 Å². The summed E-state index contributed by atoms with van der Waals surface area (Å²) in [5.74, 6) is 1.50. The minimum Gasteiger partial charge on any atom is -0.299 e. The van der Waals surface area contributed by atoms with Crippen molar-refractivity contribution in [2.45, 2.75) is 39.7 Å². The number of ketones is 1. The molecule has 1 atom stereocenters. The van der Waals surface area contributed by atoms with Gasteiger partial charge in [0.2, 0.25) is 0 Å². The van der Waals surface area contributed by atoms with Crippen molar-refractivity contribution in [1.29, 1.82) is 0 Å². The summed E-state index contributed by atoms with van der Waals surface area (Å²) in [6, 6.07) is 0. The van der Waals surface area contributed by atoms with Crippen LogP contribution < -0.4 is 0 Å². The van der Waals surface area contributed by atoms with Gasteiger partial charge >= 0.3 is 0 Å². The van der Waals surface area contributed by atoms with Crippen molar-refractivity contribution in [3.8, 4) is 0 Å². The van der Waals surface area contributed by atoms with E-state index in [0.717, 1.165) is 6.54 Å². The molecule has 0 aliphatic carbocycles. The average molecular weight is 299 g/mol. The van der Waals surface area contributed by atoms with E-state index < -0.39 is 9.84 Å². The van der Waals surface area contributed by atoms with E-state index in [1.807, 2.05) is 0 Å². The molecule has 0 amide bonds. The van der Waals surface area contributed by atoms with E-state index in [0.29, 0.717) is 24.6 Å². The molecule has 0 saturated carbocycles. The van der Waals surface area contributed by atoms with Crippen LogP contribution in [0.4, 0.5) is 0 Å². The quantitative estimate of drug-likeness (QED) is 0.778. The highest BCUT2D eigenvalue weighted by Crippen LogP contribution is 2.22. The van der Waals surface area contributed by atoms with Gasteiger partial charge in [-0.2, -0.15) is 5.10 Å². The van der Waals surface area contributed by atoms with Gasteiger partial charge in [-0.3, -0.25) is 4.79 Å². The number of sulfone groups is 1. The lowest BCUT2D eigenvalue weighted by molar-refractivity contribution is -0.119. The van der Waals surface area contributed by atoms with Crippen LogP contribution >= 0.6 is 0 Å². The molecule has 1 aliphatic heterocycles. The minimum atomic E-state index is -2.91. The second kappa shape index (κ2) is 6.03. The SMILES string of the molecule is CC(C)Cn1ncnc1CC(=O)CC1CCS(=O)(=O)C1. The fourth-order valence-corrected chi connectivity index (χ4v) is 4.39. The lowest BCUT2D eigenvalue weighted by atomic mass is 10.0. The maximum absolute atomic E-state index is 12.0. The summed E-state index contributed by atoms with van der Waals surface area (Å²) in [4.78, 5) is 16.2. The van der Waals surface area contributed by atoms with Crippen LogP contribution in [0.5, 0.6) is 0 Å².